The van der Waals surface area contributed by atoms with Crippen LogP contribution in [0.25, 0.3) is 0 Å². The van der Waals surface area contributed by atoms with Gasteiger partial charge in [0, 0.05) is 18.2 Å². The van der Waals surface area contributed by atoms with Gasteiger partial charge < -0.3 is 15.0 Å². The molecule has 1 aromatic heterocycles. The largest absolute Gasteiger partial charge is 0.491 e. The molecule has 1 aliphatic heterocycles. The monoisotopic (exact) mass is 206 g/mol. The van der Waals surface area contributed by atoms with E-state index in [4.69, 9.17) is 4.65 Å². The molecule has 0 bridgehead atoms. The van der Waals surface area contributed by atoms with Crippen LogP contribution >= 0.6 is 0 Å². The lowest BCUT2D eigenvalue weighted by Gasteiger charge is -2.06. The molecular weight excluding hydrogens is 195 g/mol. The van der Waals surface area contributed by atoms with Gasteiger partial charge in [0.1, 0.15) is 5.82 Å². The van der Waals surface area contributed by atoms with Crippen molar-refractivity contribution < 1.29 is 14.5 Å². The number of pyridine rings is 1. The number of nitrogens with zero attached hydrogens (tertiary/aromatic N) is 1. The number of fused-ring (bicyclic) bond motifs is 1. The second-order valence-electron chi connectivity index (χ2n) is 3.29. The Bertz CT molecular complexity index is 397. The SMILES string of the molecule is CCC(=O)Nc1nccc2c1COB2O. The molecule has 1 aromatic rings. The van der Waals surface area contributed by atoms with Crippen LogP contribution < -0.4 is 10.8 Å². The van der Waals surface area contributed by atoms with Gasteiger partial charge in [-0.3, -0.25) is 4.79 Å². The summed E-state index contributed by atoms with van der Waals surface area (Å²) in [4.78, 5) is 15.3. The van der Waals surface area contributed by atoms with Crippen molar-refractivity contribution in [3.8, 4) is 0 Å². The van der Waals surface area contributed by atoms with Gasteiger partial charge in [0.2, 0.25) is 5.91 Å². The van der Waals surface area contributed by atoms with Crippen molar-refractivity contribution in [2.45, 2.75) is 20.0 Å². The van der Waals surface area contributed by atoms with E-state index in [9.17, 15) is 9.82 Å². The zero-order chi connectivity index (χ0) is 10.8. The van der Waals surface area contributed by atoms with Gasteiger partial charge in [-0.2, -0.15) is 0 Å². The highest BCUT2D eigenvalue weighted by Crippen LogP contribution is 2.17. The smallest absolute Gasteiger partial charge is 0.423 e. The number of anilines is 1. The van der Waals surface area contributed by atoms with Crippen molar-refractivity contribution in [3.05, 3.63) is 17.8 Å². The van der Waals surface area contributed by atoms with E-state index in [2.05, 4.69) is 10.3 Å². The molecule has 0 unspecified atom stereocenters. The molecule has 0 aliphatic carbocycles. The van der Waals surface area contributed by atoms with E-state index in [1.807, 2.05) is 0 Å². The predicted molar refractivity (Wildman–Crippen MR) is 55.6 cm³/mol. The van der Waals surface area contributed by atoms with Crippen LogP contribution in [0.4, 0.5) is 5.82 Å². The summed E-state index contributed by atoms with van der Waals surface area (Å²) < 4.78 is 5.04. The Morgan fingerprint density at radius 3 is 3.33 bits per heavy atom. The van der Waals surface area contributed by atoms with Crippen LogP contribution in [0.3, 0.4) is 0 Å². The van der Waals surface area contributed by atoms with Crippen molar-refractivity contribution in [2.24, 2.45) is 0 Å². The Morgan fingerprint density at radius 1 is 1.80 bits per heavy atom. The number of amides is 1. The normalized spacial score (nSPS) is 13.9. The van der Waals surface area contributed by atoms with E-state index in [0.717, 1.165) is 5.56 Å². The second kappa shape index (κ2) is 4.00. The molecule has 0 fully saturated rings. The average molecular weight is 206 g/mol. The summed E-state index contributed by atoms with van der Waals surface area (Å²) in [5.74, 6) is 0.383. The highest BCUT2D eigenvalue weighted by atomic mass is 16.5. The molecule has 0 saturated heterocycles. The molecule has 5 nitrogen and oxygen atoms in total. The van der Waals surface area contributed by atoms with Crippen LogP contribution in [-0.2, 0) is 16.1 Å². The molecule has 2 heterocycles. The van der Waals surface area contributed by atoms with Crippen LogP contribution in [0.2, 0.25) is 0 Å². The molecule has 0 saturated carbocycles. The maximum absolute atomic E-state index is 11.2. The number of hydrogen-bond donors (Lipinski definition) is 2. The van der Waals surface area contributed by atoms with E-state index in [-0.39, 0.29) is 12.5 Å². The number of rotatable bonds is 2. The van der Waals surface area contributed by atoms with Crippen molar-refractivity contribution in [1.82, 2.24) is 4.98 Å². The lowest BCUT2D eigenvalue weighted by Crippen LogP contribution is -2.28. The summed E-state index contributed by atoms with van der Waals surface area (Å²) >= 11 is 0. The molecule has 0 aromatic carbocycles. The highest BCUT2D eigenvalue weighted by Gasteiger charge is 2.29. The summed E-state index contributed by atoms with van der Waals surface area (Å²) in [7, 11) is -0.903. The van der Waals surface area contributed by atoms with Gasteiger partial charge in [-0.25, -0.2) is 4.98 Å². The molecule has 2 N–H and O–H groups in total. The Labute approximate surface area is 87.6 Å². The molecule has 2 rings (SSSR count). The topological polar surface area (TPSA) is 71.5 Å². The van der Waals surface area contributed by atoms with Gasteiger partial charge in [0.05, 0.1) is 6.61 Å². The molecular formula is C9H11BN2O3. The lowest BCUT2D eigenvalue weighted by molar-refractivity contribution is -0.115. The van der Waals surface area contributed by atoms with Gasteiger partial charge >= 0.3 is 7.12 Å². The van der Waals surface area contributed by atoms with Crippen LogP contribution in [0.15, 0.2) is 12.3 Å². The summed E-state index contributed by atoms with van der Waals surface area (Å²) in [5.41, 5.74) is 1.43. The standard InChI is InChI=1S/C9H11BN2O3/c1-2-8(13)12-9-6-5-15-10(14)7(6)3-4-11-9/h3-4,14H,2,5H2,1H3,(H,11,12,13). The minimum absolute atomic E-state index is 0.0997. The number of nitrogens with one attached hydrogen (secondary N) is 1. The third kappa shape index (κ3) is 1.86. The fourth-order valence-electron chi connectivity index (χ4n) is 1.47. The van der Waals surface area contributed by atoms with Crippen molar-refractivity contribution in [1.29, 1.82) is 0 Å². The third-order valence-corrected chi connectivity index (χ3v) is 2.32. The van der Waals surface area contributed by atoms with Crippen LogP contribution in [0.1, 0.15) is 18.9 Å². The molecule has 15 heavy (non-hydrogen) atoms. The van der Waals surface area contributed by atoms with Gasteiger partial charge in [-0.1, -0.05) is 6.92 Å². The summed E-state index contributed by atoms with van der Waals surface area (Å²) in [6.45, 7) is 2.05. The molecule has 78 valence electrons. The summed E-state index contributed by atoms with van der Waals surface area (Å²) in [5, 5.41) is 12.1. The Balaban J connectivity index is 2.30. The first-order valence-corrected chi connectivity index (χ1v) is 4.79. The molecule has 1 aliphatic rings. The van der Waals surface area contributed by atoms with Crippen LogP contribution in [0, 0.1) is 0 Å². The van der Waals surface area contributed by atoms with Gasteiger partial charge in [-0.15, -0.1) is 0 Å². The molecule has 0 atom stereocenters. The fraction of sp³-hybridized carbons (Fsp3) is 0.333. The first kappa shape index (κ1) is 10.1. The van der Waals surface area contributed by atoms with Gasteiger partial charge in [0.15, 0.2) is 0 Å². The number of carbonyl (C=O) groups excluding carboxylic acids is 1. The minimum Gasteiger partial charge on any atom is -0.423 e. The summed E-state index contributed by atoms with van der Waals surface area (Å²) in [6, 6.07) is 1.69. The zero-order valence-electron chi connectivity index (χ0n) is 8.36. The average Bonchev–Trinajstić information content (AvgIpc) is 2.62. The third-order valence-electron chi connectivity index (χ3n) is 2.32. The Morgan fingerprint density at radius 2 is 2.60 bits per heavy atom. The lowest BCUT2D eigenvalue weighted by atomic mass is 9.80. The predicted octanol–water partition coefficient (Wildman–Crippen LogP) is -0.352. The maximum atomic E-state index is 11.2. The maximum Gasteiger partial charge on any atom is 0.491 e. The van der Waals surface area contributed by atoms with E-state index >= 15 is 0 Å². The number of carbonyl (C=O) groups is 1. The molecule has 0 radical (unpaired) electrons. The number of aromatic nitrogens is 1. The first-order valence-electron chi connectivity index (χ1n) is 4.79. The number of hydrogen-bond acceptors (Lipinski definition) is 4. The van der Waals surface area contributed by atoms with Gasteiger partial charge in [-0.05, 0) is 11.5 Å². The fourth-order valence-corrected chi connectivity index (χ4v) is 1.47. The molecule has 6 heteroatoms. The summed E-state index contributed by atoms with van der Waals surface area (Å²) in [6.07, 6.45) is 1.94. The van der Waals surface area contributed by atoms with Crippen molar-refractivity contribution >= 4 is 24.3 Å². The Kier molecular flexibility index (Phi) is 2.70. The van der Waals surface area contributed by atoms with Crippen LogP contribution in [-0.4, -0.2) is 23.0 Å². The second-order valence-corrected chi connectivity index (χ2v) is 3.29. The minimum atomic E-state index is -0.903. The van der Waals surface area contributed by atoms with Crippen molar-refractivity contribution in [3.63, 3.8) is 0 Å². The van der Waals surface area contributed by atoms with Gasteiger partial charge in [0.25, 0.3) is 0 Å². The first-order chi connectivity index (χ1) is 7.22. The van der Waals surface area contributed by atoms with E-state index in [1.165, 1.54) is 0 Å². The zero-order valence-corrected chi connectivity index (χ0v) is 8.36. The van der Waals surface area contributed by atoms with Crippen LogP contribution in [0.5, 0.6) is 0 Å². The Hall–Kier alpha value is -1.40. The van der Waals surface area contributed by atoms with E-state index in [1.54, 1.807) is 19.2 Å². The van der Waals surface area contributed by atoms with E-state index < -0.39 is 7.12 Å². The van der Waals surface area contributed by atoms with E-state index in [0.29, 0.717) is 17.7 Å². The highest BCUT2D eigenvalue weighted by molar-refractivity contribution is 6.61. The molecule has 1 amide bonds. The van der Waals surface area contributed by atoms with Crippen molar-refractivity contribution in [2.75, 3.05) is 5.32 Å². The molecule has 0 spiro atoms. The quantitative estimate of drug-likeness (QED) is 0.648.